The number of carbonyl (C=O) groups excluding carboxylic acids is 2. The molecule has 2 heterocycles. The van der Waals surface area contributed by atoms with Gasteiger partial charge in [0.15, 0.2) is 5.54 Å². The van der Waals surface area contributed by atoms with Crippen LogP contribution in [0.1, 0.15) is 33.6 Å². The molecule has 1 aliphatic rings. The monoisotopic (exact) mass is 292 g/mol. The normalized spacial score (nSPS) is 23.0. The summed E-state index contributed by atoms with van der Waals surface area (Å²) in [6, 6.07) is 1.80. The average molecular weight is 292 g/mol. The highest BCUT2D eigenvalue weighted by Crippen LogP contribution is 2.31. The molecule has 0 bridgehead atoms. The van der Waals surface area contributed by atoms with Gasteiger partial charge >= 0.3 is 0 Å². The van der Waals surface area contributed by atoms with Gasteiger partial charge in [-0.2, -0.15) is 5.10 Å². The number of nitrogens with one attached hydrogen (secondary N) is 1. The molecule has 0 aliphatic carbocycles. The van der Waals surface area contributed by atoms with Crippen molar-refractivity contribution in [2.45, 2.75) is 39.2 Å². The van der Waals surface area contributed by atoms with Gasteiger partial charge in [0, 0.05) is 31.4 Å². The summed E-state index contributed by atoms with van der Waals surface area (Å²) in [5.74, 6) is -0.0276. The minimum atomic E-state index is -0.808. The van der Waals surface area contributed by atoms with Crippen LogP contribution in [0.5, 0.6) is 0 Å². The van der Waals surface area contributed by atoms with Crippen LogP contribution in [0.3, 0.4) is 0 Å². The Morgan fingerprint density at radius 1 is 1.33 bits per heavy atom. The second-order valence-electron chi connectivity index (χ2n) is 6.64. The molecule has 0 radical (unpaired) electrons. The number of piperidine rings is 1. The zero-order chi connectivity index (χ0) is 15.7. The number of hydrogen-bond donors (Lipinski definition) is 1. The number of aromatic nitrogens is 2. The van der Waals surface area contributed by atoms with Crippen LogP contribution in [0.15, 0.2) is 18.5 Å². The smallest absolute Gasteiger partial charge is 0.249 e. The molecule has 1 aliphatic heterocycles. The van der Waals surface area contributed by atoms with Gasteiger partial charge in [-0.25, -0.2) is 0 Å². The van der Waals surface area contributed by atoms with E-state index in [1.54, 1.807) is 35.1 Å². The molecule has 6 heteroatoms. The molecule has 0 aromatic carbocycles. The lowest BCUT2D eigenvalue weighted by Gasteiger charge is -2.43. The quantitative estimate of drug-likeness (QED) is 0.884. The number of likely N-dealkylation sites (N-methyl/N-ethyl adjacent to an activating group) is 1. The number of rotatable bonds is 2. The number of carbonyl (C=O) groups is 2. The van der Waals surface area contributed by atoms with Crippen molar-refractivity contribution in [1.82, 2.24) is 20.0 Å². The molecular weight excluding hydrogens is 268 g/mol. The molecule has 1 aromatic heterocycles. The second-order valence-corrected chi connectivity index (χ2v) is 6.64. The Bertz CT molecular complexity index is 518. The van der Waals surface area contributed by atoms with Crippen molar-refractivity contribution in [3.05, 3.63) is 18.5 Å². The number of likely N-dealkylation sites (tertiary alicyclic amines) is 1. The van der Waals surface area contributed by atoms with Crippen molar-refractivity contribution in [1.29, 1.82) is 0 Å². The van der Waals surface area contributed by atoms with Crippen LogP contribution in [0.4, 0.5) is 0 Å². The van der Waals surface area contributed by atoms with Crippen molar-refractivity contribution in [3.63, 3.8) is 0 Å². The van der Waals surface area contributed by atoms with E-state index in [1.165, 1.54) is 0 Å². The largest absolute Gasteiger partial charge is 0.357 e. The summed E-state index contributed by atoms with van der Waals surface area (Å²) in [4.78, 5) is 26.8. The lowest BCUT2D eigenvalue weighted by atomic mass is 9.85. The van der Waals surface area contributed by atoms with E-state index >= 15 is 0 Å². The predicted octanol–water partition coefficient (Wildman–Crippen LogP) is 0.993. The van der Waals surface area contributed by atoms with Crippen LogP contribution in [0, 0.1) is 5.41 Å². The standard InChI is InChI=1S/C15H24N4O2/c1-14(2,3)13(21)18-9-5-7-15(11-18,12(20)16-4)19-10-6-8-17-19/h6,8,10H,5,7,9,11H2,1-4H3,(H,16,20). The third-order valence-corrected chi connectivity index (χ3v) is 3.99. The first-order valence-electron chi connectivity index (χ1n) is 7.33. The first-order chi connectivity index (χ1) is 9.81. The van der Waals surface area contributed by atoms with E-state index in [4.69, 9.17) is 0 Å². The summed E-state index contributed by atoms with van der Waals surface area (Å²) in [5.41, 5.74) is -1.26. The molecule has 1 fully saturated rings. The Morgan fingerprint density at radius 3 is 2.57 bits per heavy atom. The zero-order valence-corrected chi connectivity index (χ0v) is 13.2. The van der Waals surface area contributed by atoms with E-state index in [2.05, 4.69) is 10.4 Å². The fourth-order valence-corrected chi connectivity index (χ4v) is 2.91. The highest BCUT2D eigenvalue weighted by atomic mass is 16.2. The topological polar surface area (TPSA) is 67.2 Å². The molecule has 1 unspecified atom stereocenters. The first-order valence-corrected chi connectivity index (χ1v) is 7.33. The summed E-state index contributed by atoms with van der Waals surface area (Å²) in [7, 11) is 1.62. The van der Waals surface area contributed by atoms with Crippen LogP contribution >= 0.6 is 0 Å². The molecule has 1 N–H and O–H groups in total. The fourth-order valence-electron chi connectivity index (χ4n) is 2.91. The molecular formula is C15H24N4O2. The van der Waals surface area contributed by atoms with Crippen molar-refractivity contribution in [3.8, 4) is 0 Å². The summed E-state index contributed by atoms with van der Waals surface area (Å²) in [5, 5.41) is 6.98. The fraction of sp³-hybridized carbons (Fsp3) is 0.667. The number of nitrogens with zero attached hydrogens (tertiary/aromatic N) is 3. The third kappa shape index (κ3) is 2.80. The van der Waals surface area contributed by atoms with Crippen LogP contribution in [0.2, 0.25) is 0 Å². The van der Waals surface area contributed by atoms with Gasteiger partial charge in [0.1, 0.15) is 0 Å². The van der Waals surface area contributed by atoms with E-state index < -0.39 is 11.0 Å². The maximum absolute atomic E-state index is 12.6. The summed E-state index contributed by atoms with van der Waals surface area (Å²) in [6.45, 7) is 6.76. The van der Waals surface area contributed by atoms with E-state index in [1.807, 2.05) is 20.8 Å². The van der Waals surface area contributed by atoms with E-state index in [9.17, 15) is 9.59 Å². The Hall–Kier alpha value is -1.85. The SMILES string of the molecule is CNC(=O)C1(n2cccn2)CCCN(C(=O)C(C)(C)C)C1. The highest BCUT2D eigenvalue weighted by molar-refractivity contribution is 5.87. The van der Waals surface area contributed by atoms with Gasteiger partial charge in [0.05, 0.1) is 6.54 Å². The molecule has 1 atom stereocenters. The lowest BCUT2D eigenvalue weighted by Crippen LogP contribution is -2.60. The summed E-state index contributed by atoms with van der Waals surface area (Å²) in [6.07, 6.45) is 4.92. The predicted molar refractivity (Wildman–Crippen MR) is 79.5 cm³/mol. The minimum Gasteiger partial charge on any atom is -0.357 e. The maximum atomic E-state index is 12.6. The van der Waals surface area contributed by atoms with Crippen LogP contribution in [0.25, 0.3) is 0 Å². The van der Waals surface area contributed by atoms with E-state index in [0.717, 1.165) is 6.42 Å². The molecule has 2 amide bonds. The van der Waals surface area contributed by atoms with E-state index in [0.29, 0.717) is 19.5 Å². The van der Waals surface area contributed by atoms with Crippen molar-refractivity contribution in [2.24, 2.45) is 5.41 Å². The second kappa shape index (κ2) is 5.50. The van der Waals surface area contributed by atoms with Gasteiger partial charge in [-0.05, 0) is 18.9 Å². The van der Waals surface area contributed by atoms with Crippen molar-refractivity contribution < 1.29 is 9.59 Å². The Morgan fingerprint density at radius 2 is 2.05 bits per heavy atom. The number of amides is 2. The molecule has 21 heavy (non-hydrogen) atoms. The van der Waals surface area contributed by atoms with E-state index in [-0.39, 0.29) is 11.8 Å². The van der Waals surface area contributed by atoms with Gasteiger partial charge in [-0.3, -0.25) is 14.3 Å². The summed E-state index contributed by atoms with van der Waals surface area (Å²) < 4.78 is 1.69. The Labute approximate surface area is 125 Å². The van der Waals surface area contributed by atoms with Gasteiger partial charge in [-0.15, -0.1) is 0 Å². The van der Waals surface area contributed by atoms with Gasteiger partial charge in [0.2, 0.25) is 11.8 Å². The maximum Gasteiger partial charge on any atom is 0.249 e. The first kappa shape index (κ1) is 15.5. The third-order valence-electron chi connectivity index (χ3n) is 3.99. The average Bonchev–Trinajstić information content (AvgIpc) is 2.99. The molecule has 116 valence electrons. The number of hydrogen-bond acceptors (Lipinski definition) is 3. The Balaban J connectivity index is 2.34. The van der Waals surface area contributed by atoms with Gasteiger partial charge in [0.25, 0.3) is 0 Å². The summed E-state index contributed by atoms with van der Waals surface area (Å²) >= 11 is 0. The lowest BCUT2D eigenvalue weighted by molar-refractivity contribution is -0.146. The van der Waals surface area contributed by atoms with Crippen LogP contribution in [-0.2, 0) is 15.1 Å². The van der Waals surface area contributed by atoms with Crippen LogP contribution in [-0.4, -0.2) is 46.6 Å². The van der Waals surface area contributed by atoms with Crippen LogP contribution < -0.4 is 5.32 Å². The molecule has 6 nitrogen and oxygen atoms in total. The minimum absolute atomic E-state index is 0.0719. The van der Waals surface area contributed by atoms with Gasteiger partial charge < -0.3 is 10.2 Å². The van der Waals surface area contributed by atoms with Crippen molar-refractivity contribution in [2.75, 3.05) is 20.1 Å². The molecule has 2 rings (SSSR count). The van der Waals surface area contributed by atoms with Gasteiger partial charge in [-0.1, -0.05) is 20.8 Å². The molecule has 1 saturated heterocycles. The molecule has 0 saturated carbocycles. The Kier molecular flexibility index (Phi) is 4.07. The molecule has 1 aromatic rings. The molecule has 0 spiro atoms. The highest BCUT2D eigenvalue weighted by Gasteiger charge is 2.46. The zero-order valence-electron chi connectivity index (χ0n) is 13.2. The van der Waals surface area contributed by atoms with Crippen molar-refractivity contribution >= 4 is 11.8 Å².